The predicted octanol–water partition coefficient (Wildman–Crippen LogP) is 1.15. The molecule has 0 bridgehead atoms. The fraction of sp³-hybridized carbons (Fsp3) is 0.583. The molecule has 6 nitrogen and oxygen atoms in total. The largest absolute Gasteiger partial charge is 0.467 e. The normalized spacial score (nSPS) is 19.7. The van der Waals surface area contributed by atoms with Gasteiger partial charge in [0.15, 0.2) is 0 Å². The minimum absolute atomic E-state index is 0.219. The van der Waals surface area contributed by atoms with Crippen LogP contribution >= 0.6 is 0 Å². The highest BCUT2D eigenvalue weighted by Crippen LogP contribution is 2.21. The molecular weight excluding hydrogens is 236 g/mol. The smallest absolute Gasteiger partial charge is 0.328 e. The summed E-state index contributed by atoms with van der Waals surface area (Å²) in [4.78, 5) is 25.6. The van der Waals surface area contributed by atoms with Crippen LogP contribution in [0.5, 0.6) is 0 Å². The van der Waals surface area contributed by atoms with Crippen molar-refractivity contribution in [1.29, 1.82) is 0 Å². The third kappa shape index (κ3) is 2.23. The summed E-state index contributed by atoms with van der Waals surface area (Å²) in [5.41, 5.74) is 0.408. The van der Waals surface area contributed by atoms with E-state index >= 15 is 0 Å². The van der Waals surface area contributed by atoms with Crippen LogP contribution < -0.4 is 0 Å². The van der Waals surface area contributed by atoms with Gasteiger partial charge in [0, 0.05) is 6.54 Å². The summed E-state index contributed by atoms with van der Waals surface area (Å²) in [7, 11) is 1.34. The summed E-state index contributed by atoms with van der Waals surface area (Å²) in [5, 5.41) is 3.59. The minimum Gasteiger partial charge on any atom is -0.467 e. The van der Waals surface area contributed by atoms with Crippen molar-refractivity contribution in [2.45, 2.75) is 32.2 Å². The molecule has 0 N–H and O–H groups in total. The van der Waals surface area contributed by atoms with Crippen LogP contribution in [0.1, 0.15) is 35.4 Å². The van der Waals surface area contributed by atoms with Crippen LogP contribution in [0.4, 0.5) is 0 Å². The molecule has 1 unspecified atom stereocenters. The van der Waals surface area contributed by atoms with Crippen LogP contribution in [0.25, 0.3) is 0 Å². The van der Waals surface area contributed by atoms with Gasteiger partial charge in [-0.3, -0.25) is 4.79 Å². The van der Waals surface area contributed by atoms with Crippen molar-refractivity contribution in [3.63, 3.8) is 0 Å². The van der Waals surface area contributed by atoms with Gasteiger partial charge in [0.2, 0.25) is 0 Å². The highest BCUT2D eigenvalue weighted by atomic mass is 16.5. The van der Waals surface area contributed by atoms with E-state index in [2.05, 4.69) is 5.16 Å². The fourth-order valence-corrected chi connectivity index (χ4v) is 2.21. The third-order valence-electron chi connectivity index (χ3n) is 3.22. The van der Waals surface area contributed by atoms with Crippen molar-refractivity contribution in [3.05, 3.63) is 17.5 Å². The lowest BCUT2D eigenvalue weighted by Gasteiger charge is -2.33. The Morgan fingerprint density at radius 3 is 2.89 bits per heavy atom. The Labute approximate surface area is 105 Å². The van der Waals surface area contributed by atoms with Crippen LogP contribution in [0.15, 0.2) is 10.7 Å². The molecule has 1 saturated heterocycles. The number of esters is 1. The van der Waals surface area contributed by atoms with Crippen molar-refractivity contribution < 1.29 is 18.8 Å². The number of rotatable bonds is 2. The van der Waals surface area contributed by atoms with E-state index in [9.17, 15) is 9.59 Å². The Balaban J connectivity index is 2.21. The van der Waals surface area contributed by atoms with Gasteiger partial charge in [-0.05, 0) is 26.2 Å². The molecule has 6 heteroatoms. The average molecular weight is 252 g/mol. The van der Waals surface area contributed by atoms with Crippen LogP contribution in [0.3, 0.4) is 0 Å². The van der Waals surface area contributed by atoms with Gasteiger partial charge < -0.3 is 14.2 Å². The molecule has 1 aromatic rings. The molecule has 1 amide bonds. The highest BCUT2D eigenvalue weighted by molar-refractivity contribution is 5.97. The molecule has 1 fully saturated rings. The number of piperidine rings is 1. The van der Waals surface area contributed by atoms with Crippen molar-refractivity contribution >= 4 is 11.9 Å². The SMILES string of the molecule is COC(=O)C1CCCCN1C(=O)c1cnoc1C. The van der Waals surface area contributed by atoms with Gasteiger partial charge in [-0.25, -0.2) is 4.79 Å². The van der Waals surface area contributed by atoms with Gasteiger partial charge in [-0.1, -0.05) is 5.16 Å². The number of aryl methyl sites for hydroxylation is 1. The zero-order chi connectivity index (χ0) is 13.1. The second kappa shape index (κ2) is 5.20. The number of likely N-dealkylation sites (tertiary alicyclic amines) is 1. The summed E-state index contributed by atoms with van der Waals surface area (Å²) >= 11 is 0. The molecule has 0 aliphatic carbocycles. The molecule has 0 spiro atoms. The zero-order valence-electron chi connectivity index (χ0n) is 10.5. The summed E-state index contributed by atoms with van der Waals surface area (Å²) in [5.74, 6) is -0.116. The number of ether oxygens (including phenoxy) is 1. The summed E-state index contributed by atoms with van der Waals surface area (Å²) in [6, 6.07) is -0.495. The molecule has 1 aromatic heterocycles. The Bertz CT molecular complexity index is 455. The highest BCUT2D eigenvalue weighted by Gasteiger charge is 2.34. The van der Waals surface area contributed by atoms with Crippen molar-refractivity contribution in [1.82, 2.24) is 10.1 Å². The predicted molar refractivity (Wildman–Crippen MR) is 61.9 cm³/mol. The first-order valence-corrected chi connectivity index (χ1v) is 5.95. The lowest BCUT2D eigenvalue weighted by atomic mass is 10.0. The summed E-state index contributed by atoms with van der Waals surface area (Å²) in [6.07, 6.45) is 3.85. The Morgan fingerprint density at radius 1 is 1.50 bits per heavy atom. The van der Waals surface area contributed by atoms with Gasteiger partial charge in [0.1, 0.15) is 17.4 Å². The lowest BCUT2D eigenvalue weighted by molar-refractivity contribution is -0.147. The molecule has 1 aliphatic rings. The molecule has 2 rings (SSSR count). The zero-order valence-corrected chi connectivity index (χ0v) is 10.5. The van der Waals surface area contributed by atoms with Crippen molar-refractivity contribution in [2.75, 3.05) is 13.7 Å². The number of carbonyl (C=O) groups is 2. The molecule has 0 radical (unpaired) electrons. The first-order valence-electron chi connectivity index (χ1n) is 5.95. The second-order valence-electron chi connectivity index (χ2n) is 4.33. The van der Waals surface area contributed by atoms with Crippen LogP contribution in [0.2, 0.25) is 0 Å². The van der Waals surface area contributed by atoms with Gasteiger partial charge in [0.05, 0.1) is 13.3 Å². The van der Waals surface area contributed by atoms with E-state index in [0.29, 0.717) is 24.3 Å². The topological polar surface area (TPSA) is 72.6 Å². The molecule has 1 aliphatic heterocycles. The maximum atomic E-state index is 12.3. The third-order valence-corrected chi connectivity index (χ3v) is 3.22. The molecule has 0 saturated carbocycles. The molecule has 98 valence electrons. The monoisotopic (exact) mass is 252 g/mol. The summed E-state index contributed by atoms with van der Waals surface area (Å²) < 4.78 is 9.63. The van der Waals surface area contributed by atoms with Crippen LogP contribution in [0, 0.1) is 6.92 Å². The number of aromatic nitrogens is 1. The number of methoxy groups -OCH3 is 1. The van der Waals surface area contributed by atoms with Crippen molar-refractivity contribution in [3.8, 4) is 0 Å². The first kappa shape index (κ1) is 12.6. The van der Waals surface area contributed by atoms with Crippen LogP contribution in [-0.2, 0) is 9.53 Å². The summed E-state index contributed by atoms with van der Waals surface area (Å²) in [6.45, 7) is 2.24. The molecule has 1 atom stereocenters. The number of hydrogen-bond donors (Lipinski definition) is 0. The molecule has 2 heterocycles. The average Bonchev–Trinajstić information content (AvgIpc) is 2.83. The molecular formula is C12H16N2O4. The van der Waals surface area contributed by atoms with Crippen LogP contribution in [-0.4, -0.2) is 41.6 Å². The number of nitrogens with zero attached hydrogens (tertiary/aromatic N) is 2. The fourth-order valence-electron chi connectivity index (χ4n) is 2.21. The van der Waals surface area contributed by atoms with E-state index in [0.717, 1.165) is 12.8 Å². The van der Waals surface area contributed by atoms with E-state index in [4.69, 9.17) is 9.26 Å². The minimum atomic E-state index is -0.495. The van der Waals surface area contributed by atoms with E-state index < -0.39 is 6.04 Å². The standard InChI is InChI=1S/C12H16N2O4/c1-8-9(7-13-18-8)11(15)14-6-4-3-5-10(14)12(16)17-2/h7,10H,3-6H2,1-2H3. The van der Waals surface area contributed by atoms with Gasteiger partial charge >= 0.3 is 5.97 Å². The Hall–Kier alpha value is -1.85. The molecule has 18 heavy (non-hydrogen) atoms. The Morgan fingerprint density at radius 2 is 2.28 bits per heavy atom. The maximum absolute atomic E-state index is 12.3. The quantitative estimate of drug-likeness (QED) is 0.738. The lowest BCUT2D eigenvalue weighted by Crippen LogP contribution is -2.48. The first-order chi connectivity index (χ1) is 8.65. The maximum Gasteiger partial charge on any atom is 0.328 e. The number of hydrogen-bond acceptors (Lipinski definition) is 5. The number of amides is 1. The van der Waals surface area contributed by atoms with E-state index in [1.807, 2.05) is 0 Å². The van der Waals surface area contributed by atoms with Gasteiger partial charge in [-0.15, -0.1) is 0 Å². The second-order valence-corrected chi connectivity index (χ2v) is 4.33. The van der Waals surface area contributed by atoms with Gasteiger partial charge in [-0.2, -0.15) is 0 Å². The molecule has 0 aromatic carbocycles. The van der Waals surface area contributed by atoms with E-state index in [1.54, 1.807) is 11.8 Å². The Kier molecular flexibility index (Phi) is 3.64. The van der Waals surface area contributed by atoms with Gasteiger partial charge in [0.25, 0.3) is 5.91 Å². The van der Waals surface area contributed by atoms with Crippen molar-refractivity contribution in [2.24, 2.45) is 0 Å². The van der Waals surface area contributed by atoms with E-state index in [-0.39, 0.29) is 11.9 Å². The van der Waals surface area contributed by atoms with E-state index in [1.165, 1.54) is 13.3 Å². The number of carbonyl (C=O) groups excluding carboxylic acids is 2.